The molecule has 2 heterocycles. The number of benzene rings is 1. The molecule has 0 saturated heterocycles. The van der Waals surface area contributed by atoms with Crippen LogP contribution in [0.3, 0.4) is 0 Å². The van der Waals surface area contributed by atoms with Crippen molar-refractivity contribution in [2.24, 2.45) is 0 Å². The third kappa shape index (κ3) is 5.43. The van der Waals surface area contributed by atoms with Crippen molar-refractivity contribution < 1.29 is 8.42 Å². The van der Waals surface area contributed by atoms with Gasteiger partial charge in [-0.05, 0) is 29.8 Å². The van der Waals surface area contributed by atoms with Crippen molar-refractivity contribution in [1.82, 2.24) is 14.7 Å². The molecule has 3 rings (SSSR count). The first kappa shape index (κ1) is 20.9. The summed E-state index contributed by atoms with van der Waals surface area (Å²) in [6, 6.07) is 12.3. The molecule has 0 fully saturated rings. The Morgan fingerprint density at radius 2 is 1.88 bits per heavy atom. The molecule has 3 N–H and O–H groups in total. The first-order valence-electron chi connectivity index (χ1n) is 6.84. The highest BCUT2D eigenvalue weighted by Crippen LogP contribution is 2.23. The summed E-state index contributed by atoms with van der Waals surface area (Å²) >= 11 is 0. The quantitative estimate of drug-likeness (QED) is 0.489. The second-order valence-corrected chi connectivity index (χ2v) is 5.69. The van der Waals surface area contributed by atoms with Crippen molar-refractivity contribution >= 4 is 58.1 Å². The van der Waals surface area contributed by atoms with Gasteiger partial charge < -0.3 is 10.3 Å². The summed E-state index contributed by atoms with van der Waals surface area (Å²) in [5.74, 6) is 0. The number of rotatable bonds is 5. The summed E-state index contributed by atoms with van der Waals surface area (Å²) in [6.45, 7) is 0.235. The molecule has 0 aliphatic carbocycles. The fourth-order valence-corrected chi connectivity index (χ4v) is 2.55. The molecule has 0 unspecified atom stereocenters. The molecule has 7 nitrogen and oxygen atoms in total. The van der Waals surface area contributed by atoms with Crippen molar-refractivity contribution in [3.63, 3.8) is 0 Å². The van der Waals surface area contributed by atoms with E-state index in [4.69, 9.17) is 0 Å². The zero-order valence-corrected chi connectivity index (χ0v) is 15.3. The molecule has 0 atom stereocenters. The van der Waals surface area contributed by atoms with Crippen molar-refractivity contribution in [2.75, 3.05) is 5.32 Å². The molecule has 3 aromatic rings. The van der Waals surface area contributed by atoms with Gasteiger partial charge in [-0.15, -0.1) is 24.8 Å². The third-order valence-corrected chi connectivity index (χ3v) is 3.67. The molecule has 1 aromatic carbocycles. The summed E-state index contributed by atoms with van der Waals surface area (Å²) in [4.78, 5) is 18.2. The van der Waals surface area contributed by atoms with E-state index in [9.17, 15) is 13.2 Å². The van der Waals surface area contributed by atoms with E-state index in [-0.39, 0.29) is 36.9 Å². The molecule has 10 heteroatoms. The second kappa shape index (κ2) is 9.38. The fraction of sp³-hybridized carbons (Fsp3) is 0.0667. The van der Waals surface area contributed by atoms with E-state index in [1.807, 2.05) is 24.3 Å². The van der Waals surface area contributed by atoms with Gasteiger partial charge in [0.15, 0.2) is 0 Å². The molecule has 2 aromatic heterocycles. The van der Waals surface area contributed by atoms with Crippen molar-refractivity contribution in [2.45, 2.75) is 6.54 Å². The van der Waals surface area contributed by atoms with Gasteiger partial charge in [0, 0.05) is 29.9 Å². The highest BCUT2D eigenvalue weighted by atomic mass is 35.5. The molecule has 134 valence electrons. The Kier molecular flexibility index (Phi) is 7.85. The molecule has 0 radical (unpaired) electrons. The van der Waals surface area contributed by atoms with E-state index in [1.54, 1.807) is 18.3 Å². The van der Waals surface area contributed by atoms with Gasteiger partial charge in [0.25, 0.3) is 0 Å². The van der Waals surface area contributed by atoms with Gasteiger partial charge in [-0.25, -0.2) is 18.1 Å². The zero-order chi connectivity index (χ0) is 16.2. The predicted octanol–water partition coefficient (Wildman–Crippen LogP) is 2.13. The van der Waals surface area contributed by atoms with Crippen LogP contribution in [0.25, 0.3) is 11.0 Å². The minimum atomic E-state index is -2.62. The van der Waals surface area contributed by atoms with E-state index in [2.05, 4.69) is 20.0 Å². The Morgan fingerprint density at radius 3 is 2.64 bits per heavy atom. The number of aromatic amines is 1. The monoisotopic (exact) mass is 402 g/mol. The Bertz CT molecular complexity index is 984. The average Bonchev–Trinajstić information content (AvgIpc) is 2.53. The van der Waals surface area contributed by atoms with E-state index >= 15 is 0 Å². The molecule has 0 spiro atoms. The Balaban J connectivity index is 0.00000156. The smallest absolute Gasteiger partial charge is 0.249 e. The summed E-state index contributed by atoms with van der Waals surface area (Å²) < 4.78 is 23.6. The van der Waals surface area contributed by atoms with Gasteiger partial charge in [-0.1, -0.05) is 12.1 Å². The normalized spacial score (nSPS) is 10.1. The van der Waals surface area contributed by atoms with E-state index in [1.165, 1.54) is 6.07 Å². The first-order chi connectivity index (χ1) is 11.1. The van der Waals surface area contributed by atoms with E-state index in [0.29, 0.717) is 5.65 Å². The number of H-pyrrole nitrogens is 1. The van der Waals surface area contributed by atoms with E-state index < -0.39 is 10.9 Å². The van der Waals surface area contributed by atoms with Crippen LogP contribution < -0.4 is 15.6 Å². The molecular weight excluding hydrogens is 387 g/mol. The number of thiol groups is 1. The topological polar surface area (TPSA) is 104 Å². The van der Waals surface area contributed by atoms with Crippen LogP contribution in [0.1, 0.15) is 5.56 Å². The average molecular weight is 403 g/mol. The zero-order valence-electron chi connectivity index (χ0n) is 12.8. The number of nitrogens with one attached hydrogen (secondary N) is 3. The van der Waals surface area contributed by atoms with Crippen LogP contribution in [0, 0.1) is 0 Å². The summed E-state index contributed by atoms with van der Waals surface area (Å²) in [5.41, 5.74) is 2.74. The molecule has 0 aliphatic heterocycles. The first-order valence-corrected chi connectivity index (χ1v) is 8.01. The van der Waals surface area contributed by atoms with Gasteiger partial charge in [0.1, 0.15) is 5.65 Å². The van der Waals surface area contributed by atoms with E-state index in [0.717, 1.165) is 22.3 Å². The largest absolute Gasteiger partial charge is 0.355 e. The number of pyridine rings is 2. The number of hydrogen-bond donors (Lipinski definition) is 4. The van der Waals surface area contributed by atoms with Crippen LogP contribution in [0.5, 0.6) is 0 Å². The highest BCUT2D eigenvalue weighted by Gasteiger charge is 2.04. The van der Waals surface area contributed by atoms with Gasteiger partial charge >= 0.3 is 0 Å². The summed E-state index contributed by atoms with van der Waals surface area (Å²) in [6.07, 6.45) is 1.61. The Labute approximate surface area is 157 Å². The molecule has 0 aliphatic rings. The van der Waals surface area contributed by atoms with Gasteiger partial charge in [0.2, 0.25) is 16.4 Å². The van der Waals surface area contributed by atoms with Crippen molar-refractivity contribution in [1.29, 1.82) is 0 Å². The third-order valence-electron chi connectivity index (χ3n) is 3.25. The Hall–Kier alpha value is -2.13. The van der Waals surface area contributed by atoms with Crippen LogP contribution in [0.4, 0.5) is 11.4 Å². The maximum absolute atomic E-state index is 11.4. The lowest BCUT2D eigenvalue weighted by Crippen LogP contribution is -2.10. The van der Waals surface area contributed by atoms with Crippen LogP contribution >= 0.6 is 24.8 Å². The maximum atomic E-state index is 11.4. The number of anilines is 2. The van der Waals surface area contributed by atoms with Gasteiger partial charge in [-0.3, -0.25) is 4.79 Å². The predicted molar refractivity (Wildman–Crippen MR) is 104 cm³/mol. The minimum absolute atomic E-state index is 0. The van der Waals surface area contributed by atoms with Crippen molar-refractivity contribution in [3.8, 4) is 0 Å². The van der Waals surface area contributed by atoms with Gasteiger partial charge in [-0.2, -0.15) is 0 Å². The summed E-state index contributed by atoms with van der Waals surface area (Å²) in [7, 11) is -2.62. The molecule has 0 bridgehead atoms. The lowest BCUT2D eigenvalue weighted by atomic mass is 10.2. The molecular formula is C15H16Cl2N4O3S. The van der Waals surface area contributed by atoms with Crippen molar-refractivity contribution in [3.05, 3.63) is 64.6 Å². The van der Waals surface area contributed by atoms with Crippen LogP contribution in [0.2, 0.25) is 0 Å². The second-order valence-electron chi connectivity index (χ2n) is 4.86. The number of fused-ring (bicyclic) bond motifs is 1. The lowest BCUT2D eigenvalue weighted by molar-refractivity contribution is 0.601. The highest BCUT2D eigenvalue weighted by molar-refractivity contribution is 7.70. The fourth-order valence-electron chi connectivity index (χ4n) is 2.24. The van der Waals surface area contributed by atoms with Crippen LogP contribution in [-0.4, -0.2) is 18.4 Å². The summed E-state index contributed by atoms with van der Waals surface area (Å²) in [5, 5.41) is 4.04. The molecule has 0 saturated carbocycles. The number of hydrogen-bond acceptors (Lipinski definition) is 5. The number of aromatic nitrogens is 2. The standard InChI is InChI=1S/C15H14N4O3S.2ClH/c20-14-5-4-12-13(6-7-16-15(12)19-14)18-11-3-1-2-10(8-11)9-17-23(21)22;;/h1-8,23H,9H2,(H,17,21,22)(H2,16,18,19,20);2*1H. The van der Waals surface area contributed by atoms with Crippen LogP contribution in [-0.2, 0) is 17.4 Å². The Morgan fingerprint density at radius 1 is 1.08 bits per heavy atom. The number of nitrogens with zero attached hydrogens (tertiary/aromatic N) is 1. The maximum Gasteiger partial charge on any atom is 0.249 e. The number of halogens is 2. The SMILES string of the molecule is Cl.Cl.O=c1ccc2c(Nc3cccc(CN[SH](=O)=O)c3)ccnc2[nH]1. The van der Waals surface area contributed by atoms with Gasteiger partial charge in [0.05, 0.1) is 5.69 Å². The minimum Gasteiger partial charge on any atom is -0.355 e. The molecule has 25 heavy (non-hydrogen) atoms. The molecule has 0 amide bonds. The lowest BCUT2D eigenvalue weighted by Gasteiger charge is -2.10. The van der Waals surface area contributed by atoms with Crippen LogP contribution in [0.15, 0.2) is 53.5 Å².